The van der Waals surface area contributed by atoms with Gasteiger partial charge in [0.05, 0.1) is 0 Å². The molecule has 0 spiro atoms. The maximum absolute atomic E-state index is 3.90. The lowest BCUT2D eigenvalue weighted by Gasteiger charge is -2.21. The van der Waals surface area contributed by atoms with E-state index in [1.807, 2.05) is 0 Å². The zero-order valence-electron chi connectivity index (χ0n) is 11.4. The van der Waals surface area contributed by atoms with Crippen LogP contribution in [0.15, 0.2) is 24.3 Å². The lowest BCUT2D eigenvalue weighted by Crippen LogP contribution is -2.17. The van der Waals surface area contributed by atoms with Crippen molar-refractivity contribution in [3.05, 3.63) is 35.4 Å². The minimum absolute atomic E-state index is 0.630. The molecule has 0 aliphatic heterocycles. The first kappa shape index (κ1) is 14.8. The fourth-order valence-electron chi connectivity index (χ4n) is 2.36. The first-order valence-electron chi connectivity index (χ1n) is 6.87. The molecule has 0 aliphatic carbocycles. The third kappa shape index (κ3) is 5.25. The molecule has 0 aliphatic rings. The van der Waals surface area contributed by atoms with Gasteiger partial charge in [0.2, 0.25) is 0 Å². The molecule has 0 heterocycles. The third-order valence-electron chi connectivity index (χ3n) is 3.38. The zero-order valence-corrected chi connectivity index (χ0v) is 13.0. The van der Waals surface area contributed by atoms with Crippen LogP contribution in [0.1, 0.15) is 50.7 Å². The summed E-state index contributed by atoms with van der Waals surface area (Å²) in [5.74, 6) is 0.825. The number of hydrogen-bond acceptors (Lipinski definition) is 0. The van der Waals surface area contributed by atoms with Gasteiger partial charge in [0.25, 0.3) is 0 Å². The molecule has 0 radical (unpaired) electrons. The predicted molar refractivity (Wildman–Crippen MR) is 80.9 cm³/mol. The van der Waals surface area contributed by atoms with Gasteiger partial charge in [-0.1, -0.05) is 72.4 Å². The molecule has 1 atom stereocenters. The Morgan fingerprint density at radius 1 is 1.00 bits per heavy atom. The molecule has 1 aromatic carbocycles. The first-order chi connectivity index (χ1) is 8.17. The Labute approximate surface area is 115 Å². The van der Waals surface area contributed by atoms with Crippen molar-refractivity contribution in [1.82, 2.24) is 0 Å². The summed E-state index contributed by atoms with van der Waals surface area (Å²) in [6, 6.07) is 8.95. The van der Waals surface area contributed by atoms with Gasteiger partial charge in [0, 0.05) is 4.83 Å². The third-order valence-corrected chi connectivity index (χ3v) is 4.45. The molecular weight excluding hydrogens is 272 g/mol. The molecule has 1 rings (SSSR count). The number of hydrogen-bond donors (Lipinski definition) is 0. The molecule has 17 heavy (non-hydrogen) atoms. The van der Waals surface area contributed by atoms with Crippen molar-refractivity contribution < 1.29 is 0 Å². The van der Waals surface area contributed by atoms with Gasteiger partial charge in [-0.05, 0) is 37.7 Å². The molecule has 96 valence electrons. The lowest BCUT2D eigenvalue weighted by atomic mass is 9.91. The van der Waals surface area contributed by atoms with E-state index in [2.05, 4.69) is 61.0 Å². The fourth-order valence-corrected chi connectivity index (χ4v) is 3.27. The van der Waals surface area contributed by atoms with E-state index in [-0.39, 0.29) is 0 Å². The molecule has 0 fully saturated rings. The van der Waals surface area contributed by atoms with Crippen LogP contribution in [-0.4, -0.2) is 4.83 Å². The lowest BCUT2D eigenvalue weighted by molar-refractivity contribution is 0.427. The number of rotatable bonds is 7. The molecule has 0 nitrogen and oxygen atoms in total. The smallest absolute Gasteiger partial charge is 0.0214 e. The summed E-state index contributed by atoms with van der Waals surface area (Å²) >= 11 is 3.90. The highest BCUT2D eigenvalue weighted by Crippen LogP contribution is 2.26. The van der Waals surface area contributed by atoms with Crippen LogP contribution in [-0.2, 0) is 6.42 Å². The van der Waals surface area contributed by atoms with Crippen LogP contribution in [0.3, 0.4) is 0 Å². The van der Waals surface area contributed by atoms with Crippen LogP contribution in [0.25, 0.3) is 0 Å². The second-order valence-corrected chi connectivity index (χ2v) is 6.22. The summed E-state index contributed by atoms with van der Waals surface area (Å²) < 4.78 is 0. The second kappa shape index (κ2) is 7.92. The summed E-state index contributed by atoms with van der Waals surface area (Å²) in [6.07, 6.45) is 6.43. The normalized spacial score (nSPS) is 13.0. The van der Waals surface area contributed by atoms with E-state index < -0.39 is 0 Å². The number of halogens is 1. The Bertz CT molecular complexity index is 296. The Morgan fingerprint density at radius 2 is 1.53 bits per heavy atom. The van der Waals surface area contributed by atoms with E-state index in [4.69, 9.17) is 0 Å². The zero-order chi connectivity index (χ0) is 12.7. The number of alkyl halides is 1. The van der Waals surface area contributed by atoms with Crippen LogP contribution in [0.2, 0.25) is 0 Å². The summed E-state index contributed by atoms with van der Waals surface area (Å²) in [5, 5.41) is 0. The highest BCUT2D eigenvalue weighted by Gasteiger charge is 2.17. The van der Waals surface area contributed by atoms with Gasteiger partial charge in [-0.2, -0.15) is 0 Å². The highest BCUT2D eigenvalue weighted by atomic mass is 79.9. The number of aryl methyl sites for hydroxylation is 1. The topological polar surface area (TPSA) is 0 Å². The van der Waals surface area contributed by atoms with Crippen LogP contribution in [0.4, 0.5) is 0 Å². The standard InChI is InChI=1S/C16H25Br/c1-4-6-15(7-5-2)16(17)12-14-10-8-13(3)9-11-14/h8-11,15-16H,4-7,12H2,1-3H3. The number of benzene rings is 1. The minimum atomic E-state index is 0.630. The van der Waals surface area contributed by atoms with Gasteiger partial charge in [-0.3, -0.25) is 0 Å². The maximum Gasteiger partial charge on any atom is 0.0214 e. The Kier molecular flexibility index (Phi) is 6.87. The molecule has 0 aromatic heterocycles. The minimum Gasteiger partial charge on any atom is -0.0884 e. The summed E-state index contributed by atoms with van der Waals surface area (Å²) in [7, 11) is 0. The van der Waals surface area contributed by atoms with Crippen molar-refractivity contribution in [3.63, 3.8) is 0 Å². The van der Waals surface area contributed by atoms with Crippen molar-refractivity contribution in [1.29, 1.82) is 0 Å². The van der Waals surface area contributed by atoms with Gasteiger partial charge < -0.3 is 0 Å². The van der Waals surface area contributed by atoms with Crippen LogP contribution >= 0.6 is 15.9 Å². The van der Waals surface area contributed by atoms with E-state index in [0.717, 1.165) is 12.3 Å². The predicted octanol–water partition coefficient (Wildman–Crippen LogP) is 5.52. The summed E-state index contributed by atoms with van der Waals surface area (Å²) in [5.41, 5.74) is 2.80. The van der Waals surface area contributed by atoms with Crippen molar-refractivity contribution in [2.24, 2.45) is 5.92 Å². The molecule has 0 bridgehead atoms. The quantitative estimate of drug-likeness (QED) is 0.581. The van der Waals surface area contributed by atoms with Crippen LogP contribution < -0.4 is 0 Å². The van der Waals surface area contributed by atoms with E-state index in [0.29, 0.717) is 4.83 Å². The van der Waals surface area contributed by atoms with Gasteiger partial charge in [-0.25, -0.2) is 0 Å². The van der Waals surface area contributed by atoms with Gasteiger partial charge in [0.15, 0.2) is 0 Å². The van der Waals surface area contributed by atoms with Crippen molar-refractivity contribution in [2.45, 2.75) is 57.7 Å². The molecule has 0 saturated carbocycles. The maximum atomic E-state index is 3.90. The first-order valence-corrected chi connectivity index (χ1v) is 7.78. The van der Waals surface area contributed by atoms with E-state index in [1.165, 1.54) is 36.8 Å². The Hall–Kier alpha value is -0.300. The molecule has 0 N–H and O–H groups in total. The SMILES string of the molecule is CCCC(CCC)C(Br)Cc1ccc(C)cc1. The van der Waals surface area contributed by atoms with Crippen molar-refractivity contribution in [2.75, 3.05) is 0 Å². The van der Waals surface area contributed by atoms with Crippen LogP contribution in [0.5, 0.6) is 0 Å². The average molecular weight is 297 g/mol. The molecule has 1 unspecified atom stereocenters. The molecule has 0 saturated heterocycles. The molecule has 1 aromatic rings. The highest BCUT2D eigenvalue weighted by molar-refractivity contribution is 9.09. The largest absolute Gasteiger partial charge is 0.0884 e. The Balaban J connectivity index is 2.55. The fraction of sp³-hybridized carbons (Fsp3) is 0.625. The second-order valence-electron chi connectivity index (χ2n) is 5.04. The van der Waals surface area contributed by atoms with Crippen molar-refractivity contribution in [3.8, 4) is 0 Å². The average Bonchev–Trinajstić information content (AvgIpc) is 2.32. The van der Waals surface area contributed by atoms with Crippen LogP contribution in [0, 0.1) is 12.8 Å². The molecule has 0 amide bonds. The summed E-state index contributed by atoms with van der Waals surface area (Å²) in [4.78, 5) is 0.630. The van der Waals surface area contributed by atoms with Crippen molar-refractivity contribution >= 4 is 15.9 Å². The van der Waals surface area contributed by atoms with E-state index in [1.54, 1.807) is 0 Å². The van der Waals surface area contributed by atoms with E-state index in [9.17, 15) is 0 Å². The molecule has 1 heteroatoms. The Morgan fingerprint density at radius 3 is 2.00 bits per heavy atom. The van der Waals surface area contributed by atoms with Gasteiger partial charge in [-0.15, -0.1) is 0 Å². The summed E-state index contributed by atoms with van der Waals surface area (Å²) in [6.45, 7) is 6.72. The monoisotopic (exact) mass is 296 g/mol. The van der Waals surface area contributed by atoms with E-state index >= 15 is 0 Å². The molecular formula is C16H25Br. The van der Waals surface area contributed by atoms with Gasteiger partial charge >= 0.3 is 0 Å². The van der Waals surface area contributed by atoms with Gasteiger partial charge in [0.1, 0.15) is 0 Å².